The van der Waals surface area contributed by atoms with E-state index in [1.165, 1.54) is 0 Å². The second-order valence-corrected chi connectivity index (χ2v) is 6.94. The Kier molecular flexibility index (Phi) is 5.82. The van der Waals surface area contributed by atoms with Gasteiger partial charge in [0.25, 0.3) is 5.91 Å². The van der Waals surface area contributed by atoms with Gasteiger partial charge >= 0.3 is 5.63 Å². The molecule has 0 radical (unpaired) electrons. The van der Waals surface area contributed by atoms with Crippen LogP contribution in [0.4, 0.5) is 0 Å². The van der Waals surface area contributed by atoms with Crippen LogP contribution in [0.15, 0.2) is 39.7 Å². The number of fused-ring (bicyclic) bond motifs is 1. The summed E-state index contributed by atoms with van der Waals surface area (Å²) in [5, 5.41) is 7.62. The Morgan fingerprint density at radius 3 is 2.82 bits per heavy atom. The van der Waals surface area contributed by atoms with Gasteiger partial charge < -0.3 is 14.1 Å². The normalized spacial score (nSPS) is 12.1. The monoisotopic (exact) mass is 383 g/mol. The fourth-order valence-corrected chi connectivity index (χ4v) is 3.27. The van der Waals surface area contributed by atoms with Crippen molar-refractivity contribution in [3.63, 3.8) is 0 Å². The fourth-order valence-electron chi connectivity index (χ4n) is 3.27. The molecule has 0 saturated carbocycles. The zero-order chi connectivity index (χ0) is 20.3. The van der Waals surface area contributed by atoms with Gasteiger partial charge in [-0.3, -0.25) is 9.89 Å². The summed E-state index contributed by atoms with van der Waals surface area (Å²) >= 11 is 0. The Morgan fingerprint density at radius 1 is 1.36 bits per heavy atom. The van der Waals surface area contributed by atoms with Crippen LogP contribution in [-0.4, -0.2) is 34.2 Å². The predicted octanol–water partition coefficient (Wildman–Crippen LogP) is 3.20. The van der Waals surface area contributed by atoms with Gasteiger partial charge in [0.1, 0.15) is 11.3 Å². The third-order valence-corrected chi connectivity index (χ3v) is 4.71. The van der Waals surface area contributed by atoms with E-state index in [4.69, 9.17) is 9.15 Å². The van der Waals surface area contributed by atoms with Crippen LogP contribution in [0.2, 0.25) is 0 Å². The number of rotatable bonds is 7. The lowest BCUT2D eigenvalue weighted by Gasteiger charge is -2.22. The minimum absolute atomic E-state index is 0.157. The van der Waals surface area contributed by atoms with Crippen LogP contribution in [0, 0.1) is 6.92 Å². The average Bonchev–Trinajstić information content (AvgIpc) is 3.17. The van der Waals surface area contributed by atoms with Crippen molar-refractivity contribution in [1.29, 1.82) is 0 Å². The molecule has 0 aliphatic heterocycles. The molecule has 1 atom stereocenters. The zero-order valence-corrected chi connectivity index (χ0v) is 16.6. The number of H-pyrrole nitrogens is 1. The summed E-state index contributed by atoms with van der Waals surface area (Å²) in [7, 11) is 1.71. The molecule has 0 fully saturated rings. The Bertz CT molecular complexity index is 1020. The molecule has 3 rings (SSSR count). The van der Waals surface area contributed by atoms with Gasteiger partial charge in [0.2, 0.25) is 0 Å². The van der Waals surface area contributed by atoms with E-state index in [1.54, 1.807) is 31.1 Å². The SMILES string of the molecule is CCCc1cc(=O)oc2c(C)c(OC(C)C(=O)N(C)Cc3ccn[nH]3)ccc12. The van der Waals surface area contributed by atoms with Crippen molar-refractivity contribution in [1.82, 2.24) is 15.1 Å². The molecule has 0 aliphatic rings. The molecule has 1 aromatic carbocycles. The Hall–Kier alpha value is -3.09. The molecule has 0 bridgehead atoms. The molecule has 0 saturated heterocycles. The van der Waals surface area contributed by atoms with Gasteiger partial charge in [0.05, 0.1) is 12.2 Å². The molecule has 148 valence electrons. The molecule has 2 aromatic heterocycles. The van der Waals surface area contributed by atoms with Gasteiger partial charge in [-0.15, -0.1) is 0 Å². The van der Waals surface area contributed by atoms with Crippen molar-refractivity contribution in [2.75, 3.05) is 7.05 Å². The van der Waals surface area contributed by atoms with Crippen LogP contribution in [0.25, 0.3) is 11.0 Å². The third kappa shape index (κ3) is 4.08. The Morgan fingerprint density at radius 2 is 2.14 bits per heavy atom. The summed E-state index contributed by atoms with van der Waals surface area (Å²) in [4.78, 5) is 26.1. The van der Waals surface area contributed by atoms with Gasteiger partial charge in [-0.2, -0.15) is 5.10 Å². The number of nitrogens with zero attached hydrogens (tertiary/aromatic N) is 2. The lowest BCUT2D eigenvalue weighted by atomic mass is 10.0. The number of aromatic nitrogens is 2. The van der Waals surface area contributed by atoms with Crippen LogP contribution in [-0.2, 0) is 17.8 Å². The zero-order valence-electron chi connectivity index (χ0n) is 16.6. The van der Waals surface area contributed by atoms with E-state index in [0.29, 0.717) is 23.4 Å². The lowest BCUT2D eigenvalue weighted by Crippen LogP contribution is -2.37. The van der Waals surface area contributed by atoms with Crippen LogP contribution in [0.3, 0.4) is 0 Å². The molecule has 3 aromatic rings. The highest BCUT2D eigenvalue weighted by molar-refractivity contribution is 5.85. The van der Waals surface area contributed by atoms with Gasteiger partial charge in [-0.25, -0.2) is 4.79 Å². The maximum Gasteiger partial charge on any atom is 0.336 e. The minimum atomic E-state index is -0.686. The molecular formula is C21H25N3O4. The standard InChI is InChI=1S/C21H25N3O4/c1-5-6-15-11-19(25)28-20-13(2)18(8-7-17(15)20)27-14(3)21(26)24(4)12-16-9-10-22-23-16/h7-11,14H,5-6,12H2,1-4H3,(H,22,23). The largest absolute Gasteiger partial charge is 0.480 e. The highest BCUT2D eigenvalue weighted by atomic mass is 16.5. The van der Waals surface area contributed by atoms with E-state index in [9.17, 15) is 9.59 Å². The smallest absolute Gasteiger partial charge is 0.336 e. The molecule has 1 unspecified atom stereocenters. The summed E-state index contributed by atoms with van der Waals surface area (Å²) in [6.07, 6.45) is 2.70. The van der Waals surface area contributed by atoms with E-state index in [-0.39, 0.29) is 11.5 Å². The number of ether oxygens (including phenoxy) is 1. The maximum atomic E-state index is 12.6. The van der Waals surface area contributed by atoms with Crippen LogP contribution < -0.4 is 10.4 Å². The molecule has 7 heteroatoms. The number of likely N-dealkylation sites (N-methyl/N-ethyl adjacent to an activating group) is 1. The van der Waals surface area contributed by atoms with Crippen molar-refractivity contribution >= 4 is 16.9 Å². The van der Waals surface area contributed by atoms with Gasteiger partial charge in [-0.1, -0.05) is 13.3 Å². The van der Waals surface area contributed by atoms with E-state index in [1.807, 2.05) is 25.1 Å². The summed E-state index contributed by atoms with van der Waals surface area (Å²) in [5.74, 6) is 0.371. The third-order valence-electron chi connectivity index (χ3n) is 4.71. The first-order valence-corrected chi connectivity index (χ1v) is 9.37. The Balaban J connectivity index is 1.82. The van der Waals surface area contributed by atoms with Gasteiger partial charge in [0, 0.05) is 30.3 Å². The first kappa shape index (κ1) is 19.7. The van der Waals surface area contributed by atoms with E-state index < -0.39 is 6.10 Å². The predicted molar refractivity (Wildman–Crippen MR) is 106 cm³/mol. The number of aromatic amines is 1. The van der Waals surface area contributed by atoms with Crippen molar-refractivity contribution in [2.24, 2.45) is 0 Å². The van der Waals surface area contributed by atoms with Crippen molar-refractivity contribution in [2.45, 2.75) is 46.3 Å². The van der Waals surface area contributed by atoms with Crippen molar-refractivity contribution in [3.8, 4) is 5.75 Å². The first-order valence-electron chi connectivity index (χ1n) is 9.37. The molecule has 7 nitrogen and oxygen atoms in total. The quantitative estimate of drug-likeness (QED) is 0.633. The van der Waals surface area contributed by atoms with E-state index >= 15 is 0 Å². The summed E-state index contributed by atoms with van der Waals surface area (Å²) < 4.78 is 11.4. The second kappa shape index (κ2) is 8.29. The number of nitrogens with one attached hydrogen (secondary N) is 1. The number of amides is 1. The highest BCUT2D eigenvalue weighted by Gasteiger charge is 2.21. The van der Waals surface area contributed by atoms with E-state index in [2.05, 4.69) is 17.1 Å². The summed E-state index contributed by atoms with van der Waals surface area (Å²) in [5.41, 5.74) is 2.66. The number of carbonyl (C=O) groups excluding carboxylic acids is 1. The molecule has 1 N–H and O–H groups in total. The van der Waals surface area contributed by atoms with Crippen LogP contribution in [0.5, 0.6) is 5.75 Å². The first-order chi connectivity index (χ1) is 13.4. The fraction of sp³-hybridized carbons (Fsp3) is 0.381. The molecule has 2 heterocycles. The highest BCUT2D eigenvalue weighted by Crippen LogP contribution is 2.29. The topological polar surface area (TPSA) is 88.4 Å². The summed E-state index contributed by atoms with van der Waals surface area (Å²) in [6.45, 7) is 6.03. The number of hydrogen-bond acceptors (Lipinski definition) is 5. The van der Waals surface area contributed by atoms with Crippen molar-refractivity contribution in [3.05, 3.63) is 57.7 Å². The van der Waals surface area contributed by atoms with Gasteiger partial charge in [-0.05, 0) is 44.0 Å². The van der Waals surface area contributed by atoms with Crippen LogP contribution in [0.1, 0.15) is 37.1 Å². The number of aryl methyl sites for hydroxylation is 2. The molecular weight excluding hydrogens is 358 g/mol. The van der Waals surface area contributed by atoms with E-state index in [0.717, 1.165) is 29.5 Å². The molecule has 1 amide bonds. The van der Waals surface area contributed by atoms with Crippen molar-refractivity contribution < 1.29 is 13.9 Å². The number of benzene rings is 1. The molecule has 0 spiro atoms. The lowest BCUT2D eigenvalue weighted by molar-refractivity contribution is -0.137. The molecule has 28 heavy (non-hydrogen) atoms. The number of carbonyl (C=O) groups is 1. The maximum absolute atomic E-state index is 12.6. The number of hydrogen-bond donors (Lipinski definition) is 1. The second-order valence-electron chi connectivity index (χ2n) is 6.94. The average molecular weight is 383 g/mol. The van der Waals surface area contributed by atoms with Crippen LogP contribution >= 0.6 is 0 Å². The van der Waals surface area contributed by atoms with Gasteiger partial charge in [0.15, 0.2) is 6.10 Å². The Labute approximate surface area is 163 Å². The summed E-state index contributed by atoms with van der Waals surface area (Å²) in [6, 6.07) is 7.08. The molecule has 0 aliphatic carbocycles. The minimum Gasteiger partial charge on any atom is -0.480 e.